The van der Waals surface area contributed by atoms with E-state index in [0.717, 1.165) is 6.07 Å². The summed E-state index contributed by atoms with van der Waals surface area (Å²) in [6, 6.07) is 5.21. The first-order valence-corrected chi connectivity index (χ1v) is 5.74. The van der Waals surface area contributed by atoms with Crippen LogP contribution in [0.1, 0.15) is 23.2 Å². The van der Waals surface area contributed by atoms with Crippen molar-refractivity contribution in [2.75, 3.05) is 0 Å². The van der Waals surface area contributed by atoms with Gasteiger partial charge in [0, 0.05) is 12.0 Å². The number of halogens is 3. The Balaban J connectivity index is 2.35. The molecule has 0 aliphatic heterocycles. The van der Waals surface area contributed by atoms with Gasteiger partial charge in [0.25, 0.3) is 0 Å². The van der Waals surface area contributed by atoms with Gasteiger partial charge in [-0.25, -0.2) is 4.98 Å². The van der Waals surface area contributed by atoms with Crippen molar-refractivity contribution >= 4 is 6.29 Å². The second kappa shape index (κ2) is 5.36. The minimum absolute atomic E-state index is 0.0802. The van der Waals surface area contributed by atoms with E-state index < -0.39 is 6.36 Å². The summed E-state index contributed by atoms with van der Waals surface area (Å²) < 4.78 is 45.6. The van der Waals surface area contributed by atoms with Gasteiger partial charge in [0.1, 0.15) is 17.2 Å². The van der Waals surface area contributed by atoms with Crippen LogP contribution in [0, 0.1) is 0 Å². The highest BCUT2D eigenvalue weighted by Crippen LogP contribution is 2.28. The summed E-state index contributed by atoms with van der Waals surface area (Å²) in [5.41, 5.74) is 0.444. The number of nitrogens with zero attached hydrogens (tertiary/aromatic N) is 1. The van der Waals surface area contributed by atoms with Crippen molar-refractivity contribution in [3.63, 3.8) is 0 Å². The summed E-state index contributed by atoms with van der Waals surface area (Å²) >= 11 is 0. The van der Waals surface area contributed by atoms with Crippen LogP contribution in [-0.2, 0) is 6.42 Å². The van der Waals surface area contributed by atoms with Crippen LogP contribution in [0.2, 0.25) is 0 Å². The molecule has 20 heavy (non-hydrogen) atoms. The van der Waals surface area contributed by atoms with Crippen LogP contribution < -0.4 is 4.74 Å². The molecule has 0 amide bonds. The highest BCUT2D eigenvalue weighted by molar-refractivity contribution is 5.74. The number of benzene rings is 1. The molecule has 0 atom stereocenters. The van der Waals surface area contributed by atoms with Crippen LogP contribution in [0.25, 0.3) is 11.5 Å². The van der Waals surface area contributed by atoms with E-state index >= 15 is 0 Å². The van der Waals surface area contributed by atoms with Crippen molar-refractivity contribution in [1.82, 2.24) is 4.98 Å². The number of carbonyl (C=O) groups is 1. The summed E-state index contributed by atoms with van der Waals surface area (Å²) in [5, 5.41) is 0. The Bertz CT molecular complexity index is 620. The van der Waals surface area contributed by atoms with Gasteiger partial charge in [-0.15, -0.1) is 13.2 Å². The number of alkyl halides is 3. The molecule has 0 bridgehead atoms. The zero-order valence-corrected chi connectivity index (χ0v) is 10.4. The fourth-order valence-electron chi connectivity index (χ4n) is 1.66. The van der Waals surface area contributed by atoms with E-state index in [1.807, 2.05) is 0 Å². The lowest BCUT2D eigenvalue weighted by Gasteiger charge is -2.08. The Morgan fingerprint density at radius 3 is 2.70 bits per heavy atom. The Kier molecular flexibility index (Phi) is 3.78. The van der Waals surface area contributed by atoms with Crippen LogP contribution in [-0.4, -0.2) is 17.6 Å². The highest BCUT2D eigenvalue weighted by atomic mass is 19.4. The van der Waals surface area contributed by atoms with Gasteiger partial charge >= 0.3 is 6.36 Å². The first-order valence-electron chi connectivity index (χ1n) is 5.74. The van der Waals surface area contributed by atoms with Crippen molar-refractivity contribution in [2.24, 2.45) is 0 Å². The van der Waals surface area contributed by atoms with Crippen LogP contribution in [0.15, 0.2) is 28.7 Å². The van der Waals surface area contributed by atoms with Crippen LogP contribution >= 0.6 is 0 Å². The first kappa shape index (κ1) is 14.1. The zero-order valence-electron chi connectivity index (χ0n) is 10.4. The third-order valence-corrected chi connectivity index (χ3v) is 2.47. The number of aldehydes is 1. The maximum Gasteiger partial charge on any atom is 0.573 e. The predicted molar refractivity (Wildman–Crippen MR) is 63.4 cm³/mol. The van der Waals surface area contributed by atoms with Gasteiger partial charge in [-0.05, 0) is 18.2 Å². The van der Waals surface area contributed by atoms with Crippen molar-refractivity contribution < 1.29 is 27.1 Å². The topological polar surface area (TPSA) is 52.3 Å². The Hall–Kier alpha value is -2.31. The summed E-state index contributed by atoms with van der Waals surface area (Å²) in [4.78, 5) is 14.7. The second-order valence-corrected chi connectivity index (χ2v) is 3.87. The fraction of sp³-hybridized carbons (Fsp3) is 0.231. The van der Waals surface area contributed by atoms with E-state index in [1.54, 1.807) is 6.92 Å². The van der Waals surface area contributed by atoms with Crippen molar-refractivity contribution in [3.8, 4) is 17.2 Å². The lowest BCUT2D eigenvalue weighted by Crippen LogP contribution is -2.17. The molecule has 0 unspecified atom stereocenters. The molecule has 2 aromatic rings. The summed E-state index contributed by atoms with van der Waals surface area (Å²) in [6.45, 7) is 1.78. The predicted octanol–water partition coefficient (Wildman–Crippen LogP) is 3.62. The minimum Gasteiger partial charge on any atom is -0.440 e. The lowest BCUT2D eigenvalue weighted by molar-refractivity contribution is -0.274. The largest absolute Gasteiger partial charge is 0.573 e. The number of rotatable bonds is 4. The number of ether oxygens (including phenoxy) is 1. The molecule has 1 heterocycles. The summed E-state index contributed by atoms with van der Waals surface area (Å²) in [7, 11) is 0. The lowest BCUT2D eigenvalue weighted by atomic mass is 10.2. The number of carbonyl (C=O) groups excluding carboxylic acids is 1. The summed E-state index contributed by atoms with van der Waals surface area (Å²) in [5.74, 6) is 0.0904. The minimum atomic E-state index is -4.77. The first-order chi connectivity index (χ1) is 9.43. The molecule has 0 saturated heterocycles. The Morgan fingerprint density at radius 2 is 2.15 bits per heavy atom. The molecule has 0 saturated carbocycles. The van der Waals surface area contributed by atoms with Gasteiger partial charge in [-0.2, -0.15) is 0 Å². The second-order valence-electron chi connectivity index (χ2n) is 3.87. The molecule has 1 aromatic carbocycles. The quantitative estimate of drug-likeness (QED) is 0.805. The average Bonchev–Trinajstić information content (AvgIpc) is 2.80. The molecular weight excluding hydrogens is 275 g/mol. The smallest absolute Gasteiger partial charge is 0.440 e. The van der Waals surface area contributed by atoms with Crippen LogP contribution in [0.5, 0.6) is 5.75 Å². The van der Waals surface area contributed by atoms with Gasteiger partial charge in [-0.1, -0.05) is 13.0 Å². The maximum absolute atomic E-state index is 12.1. The highest BCUT2D eigenvalue weighted by Gasteiger charge is 2.31. The normalized spacial score (nSPS) is 11.4. The number of oxazole rings is 1. The molecule has 0 radical (unpaired) electrons. The summed E-state index contributed by atoms with van der Waals surface area (Å²) in [6.07, 6.45) is -3.76. The molecule has 0 fully saturated rings. The van der Waals surface area contributed by atoms with Gasteiger partial charge in [0.2, 0.25) is 5.89 Å². The van der Waals surface area contributed by atoms with E-state index in [1.165, 1.54) is 18.2 Å². The van der Waals surface area contributed by atoms with Gasteiger partial charge in [0.05, 0.1) is 0 Å². The number of hydrogen-bond acceptors (Lipinski definition) is 4. The van der Waals surface area contributed by atoms with E-state index in [9.17, 15) is 18.0 Å². The number of aryl methyl sites for hydroxylation is 1. The Morgan fingerprint density at radius 1 is 1.40 bits per heavy atom. The van der Waals surface area contributed by atoms with E-state index in [0.29, 0.717) is 24.0 Å². The van der Waals surface area contributed by atoms with E-state index in [4.69, 9.17) is 4.42 Å². The third kappa shape index (κ3) is 3.17. The third-order valence-electron chi connectivity index (χ3n) is 2.47. The van der Waals surface area contributed by atoms with Gasteiger partial charge in [0.15, 0.2) is 6.29 Å². The van der Waals surface area contributed by atoms with Crippen LogP contribution in [0.4, 0.5) is 13.2 Å². The zero-order chi connectivity index (χ0) is 14.8. The monoisotopic (exact) mass is 285 g/mol. The molecule has 106 valence electrons. The van der Waals surface area contributed by atoms with Gasteiger partial charge in [-0.3, -0.25) is 4.79 Å². The molecule has 1 aromatic heterocycles. The van der Waals surface area contributed by atoms with Crippen LogP contribution in [0.3, 0.4) is 0 Å². The molecule has 7 heteroatoms. The number of hydrogen-bond donors (Lipinski definition) is 0. The molecule has 0 aliphatic carbocycles. The molecule has 0 aliphatic rings. The molecule has 2 rings (SSSR count). The molecule has 0 N–H and O–H groups in total. The average molecular weight is 285 g/mol. The van der Waals surface area contributed by atoms with Crippen molar-refractivity contribution in [2.45, 2.75) is 19.7 Å². The standard InChI is InChI=1S/C13H10F3NO3/c1-2-11-10(7-18)17-12(19-11)8-4-3-5-9(6-8)20-13(14,15)16/h3-7H,2H2,1H3. The molecule has 0 spiro atoms. The fourth-order valence-corrected chi connectivity index (χ4v) is 1.66. The van der Waals surface area contributed by atoms with Crippen molar-refractivity contribution in [1.29, 1.82) is 0 Å². The SMILES string of the molecule is CCc1oc(-c2cccc(OC(F)(F)F)c2)nc1C=O. The van der Waals surface area contributed by atoms with Gasteiger partial charge < -0.3 is 9.15 Å². The number of aromatic nitrogens is 1. The van der Waals surface area contributed by atoms with E-state index in [2.05, 4.69) is 9.72 Å². The molecular formula is C13H10F3NO3. The van der Waals surface area contributed by atoms with E-state index in [-0.39, 0.29) is 17.3 Å². The maximum atomic E-state index is 12.1. The Labute approximate surface area is 112 Å². The van der Waals surface area contributed by atoms with Crippen molar-refractivity contribution in [3.05, 3.63) is 35.7 Å². The molecule has 4 nitrogen and oxygen atoms in total.